The number of hydrogen-bond acceptors (Lipinski definition) is 9. The van der Waals surface area contributed by atoms with Crippen molar-refractivity contribution in [2.24, 2.45) is 0 Å². The molecule has 2 aliphatic rings. The minimum Gasteiger partial charge on any atom is -0.462 e. The van der Waals surface area contributed by atoms with E-state index in [2.05, 4.69) is 31.7 Å². The highest BCUT2D eigenvalue weighted by Gasteiger charge is 2.31. The molecule has 0 saturated carbocycles. The zero-order chi connectivity index (χ0) is 27.3. The first kappa shape index (κ1) is 25.3. The summed E-state index contributed by atoms with van der Waals surface area (Å²) in [5.74, 6) is -0.412. The molecule has 0 radical (unpaired) electrons. The van der Waals surface area contributed by atoms with Crippen LogP contribution in [0.4, 0.5) is 16.2 Å². The Hall–Kier alpha value is -3.96. The summed E-state index contributed by atoms with van der Waals surface area (Å²) in [5, 5.41) is 3.86. The minimum atomic E-state index is -0.642. The lowest BCUT2D eigenvalue weighted by molar-refractivity contribution is -0.129. The van der Waals surface area contributed by atoms with Gasteiger partial charge in [0.05, 0.1) is 11.1 Å². The summed E-state index contributed by atoms with van der Waals surface area (Å²) in [6.45, 7) is 5.83. The number of nitrogens with two attached hydrogens (primary N) is 1. The van der Waals surface area contributed by atoms with Gasteiger partial charge < -0.3 is 30.0 Å². The smallest absolute Gasteiger partial charge is 0.319 e. The van der Waals surface area contributed by atoms with Crippen LogP contribution in [0, 0.1) is 5.82 Å². The van der Waals surface area contributed by atoms with Crippen molar-refractivity contribution in [3.05, 3.63) is 47.8 Å². The molecule has 10 nitrogen and oxygen atoms in total. The fourth-order valence-electron chi connectivity index (χ4n) is 5.20. The van der Waals surface area contributed by atoms with Gasteiger partial charge in [-0.25, -0.2) is 4.39 Å². The summed E-state index contributed by atoms with van der Waals surface area (Å²) in [6, 6.07) is 6.91. The normalized spacial score (nSPS) is 18.0. The molecule has 6 rings (SSSR count). The number of amides is 1. The number of fused-ring (bicyclic) bond motifs is 2. The molecule has 39 heavy (non-hydrogen) atoms. The first-order valence-corrected chi connectivity index (χ1v) is 13.1. The monoisotopic (exact) mass is 551 g/mol. The molecule has 3 N–H and O–H groups in total. The van der Waals surface area contributed by atoms with Gasteiger partial charge in [0.25, 0.3) is 6.01 Å². The van der Waals surface area contributed by atoms with Crippen LogP contribution in [0.2, 0.25) is 5.02 Å². The van der Waals surface area contributed by atoms with Crippen molar-refractivity contribution < 1.29 is 18.3 Å². The Kier molecular flexibility index (Phi) is 6.48. The van der Waals surface area contributed by atoms with Crippen LogP contribution in [-0.2, 0) is 4.79 Å². The lowest BCUT2D eigenvalue weighted by Crippen LogP contribution is -2.56. The third-order valence-electron chi connectivity index (χ3n) is 7.35. The summed E-state index contributed by atoms with van der Waals surface area (Å²) in [5.41, 5.74) is 7.17. The van der Waals surface area contributed by atoms with Crippen molar-refractivity contribution in [3.63, 3.8) is 0 Å². The molecule has 0 unspecified atom stereocenters. The minimum absolute atomic E-state index is 0.0272. The molecule has 1 atom stereocenters. The van der Waals surface area contributed by atoms with Crippen molar-refractivity contribution in [1.29, 1.82) is 0 Å². The molecule has 0 bridgehead atoms. The topological polar surface area (TPSA) is 123 Å². The second-order valence-corrected chi connectivity index (χ2v) is 10.3. The zero-order valence-corrected chi connectivity index (χ0v) is 22.0. The second-order valence-electron chi connectivity index (χ2n) is 9.88. The van der Waals surface area contributed by atoms with Gasteiger partial charge in [-0.15, -0.1) is 0 Å². The third kappa shape index (κ3) is 4.61. The Morgan fingerprint density at radius 1 is 1.33 bits per heavy atom. The second kappa shape index (κ2) is 9.97. The number of carbonyl (C=O) groups excluding carboxylic acids is 1. The lowest BCUT2D eigenvalue weighted by Gasteiger charge is -2.39. The van der Waals surface area contributed by atoms with Gasteiger partial charge in [-0.05, 0) is 44.6 Å². The fourth-order valence-corrected chi connectivity index (χ4v) is 5.49. The maximum atomic E-state index is 16.3. The number of rotatable bonds is 7. The van der Waals surface area contributed by atoms with Crippen molar-refractivity contribution in [3.8, 4) is 17.1 Å². The van der Waals surface area contributed by atoms with Gasteiger partial charge >= 0.3 is 6.01 Å². The number of benzene rings is 2. The first-order valence-electron chi connectivity index (χ1n) is 12.7. The van der Waals surface area contributed by atoms with Gasteiger partial charge in [0.1, 0.15) is 23.5 Å². The van der Waals surface area contributed by atoms with Crippen molar-refractivity contribution in [2.75, 3.05) is 44.3 Å². The number of hydrogen-bond donors (Lipinski definition) is 2. The molecule has 2 aromatic heterocycles. The predicted molar refractivity (Wildman–Crippen MR) is 147 cm³/mol. The highest BCUT2D eigenvalue weighted by Crippen LogP contribution is 2.40. The molecule has 0 aliphatic carbocycles. The van der Waals surface area contributed by atoms with E-state index >= 15 is 4.39 Å². The van der Waals surface area contributed by atoms with Crippen LogP contribution >= 0.6 is 11.6 Å². The number of likely N-dealkylation sites (tertiary alicyclic amines) is 2. The Morgan fingerprint density at radius 3 is 2.90 bits per heavy atom. The quantitative estimate of drug-likeness (QED) is 0.327. The number of halogens is 2. The molecular weight excluding hydrogens is 525 g/mol. The Labute approximate surface area is 228 Å². The van der Waals surface area contributed by atoms with Crippen LogP contribution in [0.1, 0.15) is 12.8 Å². The highest BCUT2D eigenvalue weighted by atomic mass is 35.5. The summed E-state index contributed by atoms with van der Waals surface area (Å²) in [6.07, 6.45) is 3.37. The molecule has 202 valence electrons. The van der Waals surface area contributed by atoms with E-state index in [4.69, 9.17) is 26.5 Å². The number of nitrogens with one attached hydrogen (secondary N) is 1. The van der Waals surface area contributed by atoms with Crippen molar-refractivity contribution in [1.82, 2.24) is 24.8 Å². The first-order chi connectivity index (χ1) is 18.8. The van der Waals surface area contributed by atoms with E-state index in [1.807, 2.05) is 7.05 Å². The van der Waals surface area contributed by atoms with Crippen LogP contribution in [-0.4, -0.2) is 76.0 Å². The average molecular weight is 552 g/mol. The largest absolute Gasteiger partial charge is 0.462 e. The van der Waals surface area contributed by atoms with Gasteiger partial charge in [0, 0.05) is 35.6 Å². The Morgan fingerprint density at radius 2 is 2.15 bits per heavy atom. The fraction of sp³-hybridized carbons (Fsp3) is 0.333. The molecular formula is C27H27ClFN7O3. The molecule has 2 aliphatic heterocycles. The summed E-state index contributed by atoms with van der Waals surface area (Å²) < 4.78 is 27.8. The van der Waals surface area contributed by atoms with E-state index in [1.54, 1.807) is 29.2 Å². The zero-order valence-electron chi connectivity index (χ0n) is 21.3. The number of oxazole rings is 1. The average Bonchev–Trinajstić information content (AvgIpc) is 3.49. The molecule has 1 amide bonds. The van der Waals surface area contributed by atoms with Crippen LogP contribution in [0.15, 0.2) is 41.3 Å². The van der Waals surface area contributed by atoms with E-state index in [1.165, 1.54) is 6.08 Å². The molecule has 2 saturated heterocycles. The maximum Gasteiger partial charge on any atom is 0.319 e. The number of para-hydroxylation sites is 1. The standard InChI is InChI=1S/C27H27ClFN7O3/c1-3-20(37)36-11-14(12-36)31-25-17-10-18(28)21(16-7-4-8-19-23(16)32-26(30)39-19)22(29)24(17)33-27(34-25)38-13-15-6-5-9-35(15)2/h3-4,7-8,10,14-15H,1,5-6,9,11-13H2,2H3,(H2,30,32)(H,31,33,34)/t15-/m0/s1. The molecule has 4 heterocycles. The SMILES string of the molecule is C=CC(=O)N1CC(Nc2nc(OC[C@@H]3CCCN3C)nc3c(F)c(-c4cccc5oc(N)nc45)c(Cl)cc23)C1. The van der Waals surface area contributed by atoms with Gasteiger partial charge in [0.2, 0.25) is 5.91 Å². The number of likely N-dealkylation sites (N-methyl/N-ethyl adjacent to an activating group) is 1. The van der Waals surface area contributed by atoms with E-state index in [9.17, 15) is 4.79 Å². The predicted octanol–water partition coefficient (Wildman–Crippen LogP) is 4.09. The number of nitrogen functional groups attached to an aromatic ring is 1. The number of nitrogens with zero attached hydrogens (tertiary/aromatic N) is 5. The van der Waals surface area contributed by atoms with E-state index in [-0.39, 0.29) is 46.1 Å². The van der Waals surface area contributed by atoms with Crippen LogP contribution in [0.5, 0.6) is 6.01 Å². The van der Waals surface area contributed by atoms with Gasteiger partial charge in [-0.3, -0.25) is 4.79 Å². The van der Waals surface area contributed by atoms with E-state index < -0.39 is 5.82 Å². The summed E-state index contributed by atoms with van der Waals surface area (Å²) in [4.78, 5) is 29.0. The number of carbonyl (C=O) groups is 1. The molecule has 2 aromatic carbocycles. The van der Waals surface area contributed by atoms with Gasteiger partial charge in [0.15, 0.2) is 11.4 Å². The van der Waals surface area contributed by atoms with Crippen LogP contribution in [0.25, 0.3) is 33.1 Å². The van der Waals surface area contributed by atoms with Crippen LogP contribution in [0.3, 0.4) is 0 Å². The summed E-state index contributed by atoms with van der Waals surface area (Å²) in [7, 11) is 2.05. The van der Waals surface area contributed by atoms with Crippen molar-refractivity contribution >= 4 is 51.3 Å². The number of ether oxygens (including phenoxy) is 1. The maximum absolute atomic E-state index is 16.3. The molecule has 12 heteroatoms. The number of aromatic nitrogens is 3. The van der Waals surface area contributed by atoms with Gasteiger partial charge in [-0.1, -0.05) is 30.3 Å². The number of anilines is 2. The Balaban J connectivity index is 1.42. The molecule has 0 spiro atoms. The molecule has 4 aromatic rings. The van der Waals surface area contributed by atoms with E-state index in [0.29, 0.717) is 47.6 Å². The van der Waals surface area contributed by atoms with Crippen LogP contribution < -0.4 is 15.8 Å². The third-order valence-corrected chi connectivity index (χ3v) is 7.65. The van der Waals surface area contributed by atoms with E-state index in [0.717, 1.165) is 19.4 Å². The lowest BCUT2D eigenvalue weighted by atomic mass is 10.0. The Bertz CT molecular complexity index is 1600. The molecule has 2 fully saturated rings. The summed E-state index contributed by atoms with van der Waals surface area (Å²) >= 11 is 6.68. The van der Waals surface area contributed by atoms with Gasteiger partial charge in [-0.2, -0.15) is 15.0 Å². The highest BCUT2D eigenvalue weighted by molar-refractivity contribution is 6.34. The van der Waals surface area contributed by atoms with Crippen molar-refractivity contribution in [2.45, 2.75) is 24.9 Å².